The molecule has 108 valence electrons. The lowest BCUT2D eigenvalue weighted by Crippen LogP contribution is -2.42. The molecule has 0 spiro atoms. The number of nitrogens with one attached hydrogen (secondary N) is 2. The summed E-state index contributed by atoms with van der Waals surface area (Å²) in [7, 11) is 0. The number of hydrogen-bond donors (Lipinski definition) is 2. The minimum atomic E-state index is -0.300. The van der Waals surface area contributed by atoms with Crippen LogP contribution in [0.5, 0.6) is 0 Å². The zero-order chi connectivity index (χ0) is 14.2. The Kier molecular flexibility index (Phi) is 5.37. The summed E-state index contributed by atoms with van der Waals surface area (Å²) in [6, 6.07) is 8.88. The Balaban J connectivity index is 1.65. The van der Waals surface area contributed by atoms with E-state index in [-0.39, 0.29) is 11.9 Å². The fourth-order valence-corrected chi connectivity index (χ4v) is 1.95. The minimum Gasteiger partial charge on any atom is -0.378 e. The number of carbonyl (C=O) groups excluding carboxylic acids is 2. The maximum absolute atomic E-state index is 11.8. The highest BCUT2D eigenvalue weighted by Crippen LogP contribution is 2.04. The molecule has 1 aromatic rings. The van der Waals surface area contributed by atoms with Crippen molar-refractivity contribution < 1.29 is 14.3 Å². The summed E-state index contributed by atoms with van der Waals surface area (Å²) in [5.41, 5.74) is 0.726. The molecule has 0 aromatic heterocycles. The van der Waals surface area contributed by atoms with Gasteiger partial charge >= 0.3 is 6.03 Å². The number of ether oxygens (including phenoxy) is 1. The van der Waals surface area contributed by atoms with Crippen LogP contribution in [0.25, 0.3) is 0 Å². The fourth-order valence-electron chi connectivity index (χ4n) is 1.95. The lowest BCUT2D eigenvalue weighted by molar-refractivity contribution is -0.135. The first-order valence-corrected chi connectivity index (χ1v) is 6.71. The molecule has 1 aliphatic rings. The van der Waals surface area contributed by atoms with Crippen LogP contribution in [0.1, 0.15) is 6.42 Å². The first-order valence-electron chi connectivity index (χ1n) is 6.71. The molecule has 0 aliphatic carbocycles. The predicted molar refractivity (Wildman–Crippen MR) is 75.5 cm³/mol. The van der Waals surface area contributed by atoms with Gasteiger partial charge in [-0.1, -0.05) is 18.2 Å². The van der Waals surface area contributed by atoms with Crippen LogP contribution in [-0.2, 0) is 9.53 Å². The summed E-state index contributed by atoms with van der Waals surface area (Å²) in [4.78, 5) is 25.2. The Morgan fingerprint density at radius 1 is 1.15 bits per heavy atom. The maximum Gasteiger partial charge on any atom is 0.319 e. The van der Waals surface area contributed by atoms with Crippen molar-refractivity contribution >= 4 is 17.6 Å². The summed E-state index contributed by atoms with van der Waals surface area (Å²) in [5.74, 6) is 0.0494. The predicted octanol–water partition coefficient (Wildman–Crippen LogP) is 1.06. The summed E-state index contributed by atoms with van der Waals surface area (Å²) in [5, 5.41) is 5.37. The highest BCUT2D eigenvalue weighted by Gasteiger charge is 2.16. The zero-order valence-corrected chi connectivity index (χ0v) is 11.3. The average molecular weight is 277 g/mol. The van der Waals surface area contributed by atoms with Crippen LogP contribution in [0.4, 0.5) is 10.5 Å². The van der Waals surface area contributed by atoms with Gasteiger partial charge in [-0.15, -0.1) is 0 Å². The first kappa shape index (κ1) is 14.3. The molecule has 0 unspecified atom stereocenters. The third kappa shape index (κ3) is 4.55. The Hall–Kier alpha value is -2.08. The Labute approximate surface area is 118 Å². The van der Waals surface area contributed by atoms with Crippen LogP contribution in [0.2, 0.25) is 0 Å². The molecular weight excluding hydrogens is 258 g/mol. The number of hydrogen-bond acceptors (Lipinski definition) is 3. The third-order valence-electron chi connectivity index (χ3n) is 3.02. The van der Waals surface area contributed by atoms with Crippen molar-refractivity contribution in [1.82, 2.24) is 10.2 Å². The molecule has 2 rings (SSSR count). The molecule has 1 aromatic carbocycles. The van der Waals surface area contributed by atoms with Crippen molar-refractivity contribution in [3.8, 4) is 0 Å². The van der Waals surface area contributed by atoms with Crippen molar-refractivity contribution in [3.05, 3.63) is 30.3 Å². The highest BCUT2D eigenvalue weighted by atomic mass is 16.5. The highest BCUT2D eigenvalue weighted by molar-refractivity contribution is 5.89. The lowest BCUT2D eigenvalue weighted by Gasteiger charge is -2.26. The van der Waals surface area contributed by atoms with E-state index in [4.69, 9.17) is 4.74 Å². The largest absolute Gasteiger partial charge is 0.378 e. The molecule has 1 aliphatic heterocycles. The third-order valence-corrected chi connectivity index (χ3v) is 3.02. The van der Waals surface area contributed by atoms with Gasteiger partial charge in [0, 0.05) is 31.7 Å². The van der Waals surface area contributed by atoms with Crippen LogP contribution in [0.3, 0.4) is 0 Å². The molecule has 3 amide bonds. The molecule has 1 saturated heterocycles. The normalized spacial score (nSPS) is 14.7. The quantitative estimate of drug-likeness (QED) is 0.864. The Morgan fingerprint density at radius 3 is 2.55 bits per heavy atom. The van der Waals surface area contributed by atoms with Gasteiger partial charge in [-0.25, -0.2) is 4.79 Å². The van der Waals surface area contributed by atoms with Gasteiger partial charge in [0.25, 0.3) is 0 Å². The number of amides is 3. The smallest absolute Gasteiger partial charge is 0.319 e. The van der Waals surface area contributed by atoms with Crippen molar-refractivity contribution in [1.29, 1.82) is 0 Å². The SMILES string of the molecule is O=C(NCCC(=O)N1CCOCC1)Nc1ccccc1. The molecular formula is C14H19N3O3. The molecule has 0 radical (unpaired) electrons. The first-order chi connectivity index (χ1) is 9.75. The van der Waals surface area contributed by atoms with Crippen LogP contribution in [0, 0.1) is 0 Å². The molecule has 1 fully saturated rings. The van der Waals surface area contributed by atoms with E-state index >= 15 is 0 Å². The van der Waals surface area contributed by atoms with Crippen molar-refractivity contribution in [2.24, 2.45) is 0 Å². The molecule has 0 saturated carbocycles. The van der Waals surface area contributed by atoms with Crippen LogP contribution in [0.15, 0.2) is 30.3 Å². The van der Waals surface area contributed by atoms with Gasteiger partial charge in [0.1, 0.15) is 0 Å². The fraction of sp³-hybridized carbons (Fsp3) is 0.429. The second-order valence-corrected chi connectivity index (χ2v) is 4.49. The van der Waals surface area contributed by atoms with Gasteiger partial charge in [-0.05, 0) is 12.1 Å². The monoisotopic (exact) mass is 277 g/mol. The van der Waals surface area contributed by atoms with Gasteiger partial charge < -0.3 is 20.3 Å². The van der Waals surface area contributed by atoms with Crippen LogP contribution >= 0.6 is 0 Å². The van der Waals surface area contributed by atoms with Gasteiger partial charge in [0.05, 0.1) is 13.2 Å². The van der Waals surface area contributed by atoms with E-state index in [1.807, 2.05) is 18.2 Å². The number of urea groups is 1. The van der Waals surface area contributed by atoms with Crippen molar-refractivity contribution in [2.75, 3.05) is 38.2 Å². The molecule has 0 bridgehead atoms. The van der Waals surface area contributed by atoms with Crippen LogP contribution in [-0.4, -0.2) is 49.7 Å². The van der Waals surface area contributed by atoms with Crippen molar-refractivity contribution in [3.63, 3.8) is 0 Å². The van der Waals surface area contributed by atoms with E-state index in [1.165, 1.54) is 0 Å². The number of rotatable bonds is 4. The molecule has 20 heavy (non-hydrogen) atoms. The summed E-state index contributed by atoms with van der Waals surface area (Å²) in [6.45, 7) is 2.78. The van der Waals surface area contributed by atoms with Gasteiger partial charge in [0.15, 0.2) is 0 Å². The molecule has 0 atom stereocenters. The second kappa shape index (κ2) is 7.49. The average Bonchev–Trinajstić information content (AvgIpc) is 2.49. The topological polar surface area (TPSA) is 70.7 Å². The summed E-state index contributed by atoms with van der Waals surface area (Å²) >= 11 is 0. The number of carbonyl (C=O) groups is 2. The number of nitrogens with zero attached hydrogens (tertiary/aromatic N) is 1. The standard InChI is InChI=1S/C14H19N3O3/c18-13(17-8-10-20-11-9-17)6-7-15-14(19)16-12-4-2-1-3-5-12/h1-5H,6-11H2,(H2,15,16,19). The van der Waals surface area contributed by atoms with Crippen LogP contribution < -0.4 is 10.6 Å². The zero-order valence-electron chi connectivity index (χ0n) is 11.3. The number of benzene rings is 1. The lowest BCUT2D eigenvalue weighted by atomic mass is 10.3. The Morgan fingerprint density at radius 2 is 1.85 bits per heavy atom. The van der Waals surface area contributed by atoms with E-state index in [2.05, 4.69) is 10.6 Å². The second-order valence-electron chi connectivity index (χ2n) is 4.49. The minimum absolute atomic E-state index is 0.0494. The molecule has 2 N–H and O–H groups in total. The molecule has 6 nitrogen and oxygen atoms in total. The summed E-state index contributed by atoms with van der Waals surface area (Å²) in [6.07, 6.45) is 0.308. The number of anilines is 1. The summed E-state index contributed by atoms with van der Waals surface area (Å²) < 4.78 is 5.19. The van der Waals surface area contributed by atoms with E-state index in [0.717, 1.165) is 5.69 Å². The Bertz CT molecular complexity index is 444. The van der Waals surface area contributed by atoms with E-state index in [9.17, 15) is 9.59 Å². The van der Waals surface area contributed by atoms with Gasteiger partial charge in [0.2, 0.25) is 5.91 Å². The van der Waals surface area contributed by atoms with Gasteiger partial charge in [-0.2, -0.15) is 0 Å². The number of para-hydroxylation sites is 1. The van der Waals surface area contributed by atoms with Crippen molar-refractivity contribution in [2.45, 2.75) is 6.42 Å². The molecule has 1 heterocycles. The van der Waals surface area contributed by atoms with E-state index < -0.39 is 0 Å². The van der Waals surface area contributed by atoms with Gasteiger partial charge in [-0.3, -0.25) is 4.79 Å². The van der Waals surface area contributed by atoms with E-state index in [0.29, 0.717) is 39.3 Å². The number of morpholine rings is 1. The van der Waals surface area contributed by atoms with E-state index in [1.54, 1.807) is 17.0 Å². The maximum atomic E-state index is 11.8. The molecule has 6 heteroatoms.